The molecule has 0 aliphatic heterocycles. The van der Waals surface area contributed by atoms with E-state index in [9.17, 15) is 4.79 Å². The van der Waals surface area contributed by atoms with Gasteiger partial charge in [0.15, 0.2) is 16.1 Å². The van der Waals surface area contributed by atoms with Gasteiger partial charge in [-0.05, 0) is 29.8 Å². The normalized spacial score (nSPS) is 10.9. The van der Waals surface area contributed by atoms with Crippen LogP contribution in [0.15, 0.2) is 90.2 Å². The van der Waals surface area contributed by atoms with Crippen molar-refractivity contribution in [3.8, 4) is 17.1 Å². The number of halogens is 2. The third kappa shape index (κ3) is 5.79. The van der Waals surface area contributed by atoms with Gasteiger partial charge in [0.2, 0.25) is 5.91 Å². The fourth-order valence-electron chi connectivity index (χ4n) is 3.53. The van der Waals surface area contributed by atoms with Crippen molar-refractivity contribution in [1.29, 1.82) is 0 Å². The lowest BCUT2D eigenvalue weighted by molar-refractivity contribution is -0.113. The maximum absolute atomic E-state index is 12.7. The lowest BCUT2D eigenvalue weighted by atomic mass is 10.1. The first kappa shape index (κ1) is 24.5. The average Bonchev–Trinajstić information content (AvgIpc) is 3.52. The molecule has 0 saturated carbocycles. The number of aromatic nitrogens is 4. The minimum Gasteiger partial charge on any atom is -0.301 e. The topological polar surface area (TPSA) is 72.7 Å². The van der Waals surface area contributed by atoms with Crippen molar-refractivity contribution >= 4 is 57.3 Å². The molecule has 3 aromatic carbocycles. The van der Waals surface area contributed by atoms with Crippen molar-refractivity contribution in [2.75, 3.05) is 11.1 Å². The van der Waals surface area contributed by atoms with Gasteiger partial charge >= 0.3 is 0 Å². The number of nitrogens with zero attached hydrogens (tertiary/aromatic N) is 4. The van der Waals surface area contributed by atoms with Crippen LogP contribution in [0.3, 0.4) is 0 Å². The molecule has 5 aromatic rings. The van der Waals surface area contributed by atoms with Gasteiger partial charge < -0.3 is 5.32 Å². The summed E-state index contributed by atoms with van der Waals surface area (Å²) < 4.78 is 1.96. The second kappa shape index (κ2) is 11.3. The number of para-hydroxylation sites is 1. The fourth-order valence-corrected chi connectivity index (χ4v) is 5.61. The number of thiazole rings is 1. The second-order valence-corrected chi connectivity index (χ2v) is 10.6. The van der Waals surface area contributed by atoms with Gasteiger partial charge in [0.25, 0.3) is 0 Å². The maximum atomic E-state index is 12.7. The highest BCUT2D eigenvalue weighted by Gasteiger charge is 2.17. The number of benzene rings is 3. The molecule has 0 spiro atoms. The largest absolute Gasteiger partial charge is 0.301 e. The van der Waals surface area contributed by atoms with E-state index < -0.39 is 0 Å². The van der Waals surface area contributed by atoms with Crippen molar-refractivity contribution in [3.05, 3.63) is 106 Å². The number of rotatable bonds is 8. The van der Waals surface area contributed by atoms with E-state index in [1.807, 2.05) is 71.3 Å². The minimum atomic E-state index is -0.172. The fraction of sp³-hybridized carbons (Fsp3) is 0.0769. The Hall–Kier alpha value is -3.17. The van der Waals surface area contributed by atoms with Gasteiger partial charge in [-0.25, -0.2) is 4.98 Å². The van der Waals surface area contributed by atoms with Crippen molar-refractivity contribution in [3.63, 3.8) is 0 Å². The summed E-state index contributed by atoms with van der Waals surface area (Å²) >= 11 is 15.0. The molecule has 1 N–H and O–H groups in total. The quantitative estimate of drug-likeness (QED) is 0.210. The van der Waals surface area contributed by atoms with Crippen LogP contribution in [0, 0.1) is 0 Å². The third-order valence-electron chi connectivity index (χ3n) is 5.19. The van der Waals surface area contributed by atoms with E-state index in [4.69, 9.17) is 23.2 Å². The molecule has 10 heteroatoms. The summed E-state index contributed by atoms with van der Waals surface area (Å²) in [5.41, 5.74) is 2.82. The Morgan fingerprint density at radius 2 is 1.72 bits per heavy atom. The standard InChI is InChI=1S/C26H19Cl2N5OS2/c27-19-12-11-18(22(28)14-19)13-21-15-29-25(36-21)30-23(34)16-35-26-32-31-24(17-7-3-1-4-8-17)33(26)20-9-5-2-6-10-20/h1-12,14-15H,13,16H2,(H,29,30,34). The first-order chi connectivity index (χ1) is 17.6. The highest BCUT2D eigenvalue weighted by molar-refractivity contribution is 7.99. The van der Waals surface area contributed by atoms with Crippen LogP contribution in [0.1, 0.15) is 10.4 Å². The van der Waals surface area contributed by atoms with Gasteiger partial charge in [-0.3, -0.25) is 9.36 Å². The smallest absolute Gasteiger partial charge is 0.236 e. The SMILES string of the molecule is O=C(CSc1nnc(-c2ccccc2)n1-c1ccccc1)Nc1ncc(Cc2ccc(Cl)cc2Cl)s1. The molecular formula is C26H19Cl2N5OS2. The zero-order valence-corrected chi connectivity index (χ0v) is 21.9. The summed E-state index contributed by atoms with van der Waals surface area (Å²) in [5.74, 6) is 0.710. The Bertz CT molecular complexity index is 1490. The molecule has 36 heavy (non-hydrogen) atoms. The van der Waals surface area contributed by atoms with Crippen LogP contribution in [0.25, 0.3) is 17.1 Å². The highest BCUT2D eigenvalue weighted by atomic mass is 35.5. The number of hydrogen-bond acceptors (Lipinski definition) is 6. The number of hydrogen-bond donors (Lipinski definition) is 1. The number of carbonyl (C=O) groups excluding carboxylic acids is 1. The number of carbonyl (C=O) groups is 1. The van der Waals surface area contributed by atoms with E-state index in [1.54, 1.807) is 18.3 Å². The Labute approximate surface area is 226 Å². The van der Waals surface area contributed by atoms with Crippen LogP contribution >= 0.6 is 46.3 Å². The molecule has 0 aliphatic rings. The molecule has 6 nitrogen and oxygen atoms in total. The molecule has 0 unspecified atom stereocenters. The first-order valence-corrected chi connectivity index (χ1v) is 13.5. The van der Waals surface area contributed by atoms with Crippen LogP contribution < -0.4 is 5.32 Å². The number of anilines is 1. The number of nitrogens with one attached hydrogen (secondary N) is 1. The molecule has 0 radical (unpaired) electrons. The van der Waals surface area contributed by atoms with Crippen LogP contribution in [-0.2, 0) is 11.2 Å². The minimum absolute atomic E-state index is 0.164. The van der Waals surface area contributed by atoms with Crippen molar-refractivity contribution in [2.24, 2.45) is 0 Å². The van der Waals surface area contributed by atoms with Crippen LogP contribution in [0.2, 0.25) is 10.0 Å². The Kier molecular flexibility index (Phi) is 7.67. The third-order valence-corrected chi connectivity index (χ3v) is 7.62. The summed E-state index contributed by atoms with van der Waals surface area (Å²) in [5, 5.41) is 14.0. The van der Waals surface area contributed by atoms with Crippen molar-refractivity contribution in [2.45, 2.75) is 11.6 Å². The highest BCUT2D eigenvalue weighted by Crippen LogP contribution is 2.29. The van der Waals surface area contributed by atoms with Crippen molar-refractivity contribution in [1.82, 2.24) is 19.7 Å². The molecule has 1 amide bonds. The predicted molar refractivity (Wildman–Crippen MR) is 148 cm³/mol. The summed E-state index contributed by atoms with van der Waals surface area (Å²) in [6, 6.07) is 25.1. The summed E-state index contributed by atoms with van der Waals surface area (Å²) in [6.45, 7) is 0. The van der Waals surface area contributed by atoms with E-state index in [1.165, 1.54) is 23.1 Å². The zero-order valence-electron chi connectivity index (χ0n) is 18.8. The molecule has 2 heterocycles. The van der Waals surface area contributed by atoms with E-state index in [2.05, 4.69) is 20.5 Å². The van der Waals surface area contributed by atoms with Gasteiger partial charge in [0.1, 0.15) is 0 Å². The first-order valence-electron chi connectivity index (χ1n) is 10.9. The zero-order chi connectivity index (χ0) is 24.9. The molecule has 0 atom stereocenters. The molecule has 0 fully saturated rings. The monoisotopic (exact) mass is 551 g/mol. The van der Waals surface area contributed by atoms with Gasteiger partial charge in [0, 0.05) is 38.8 Å². The van der Waals surface area contributed by atoms with Gasteiger partial charge in [-0.2, -0.15) is 0 Å². The molecule has 180 valence electrons. The van der Waals surface area contributed by atoms with Gasteiger partial charge in [0.05, 0.1) is 5.75 Å². The van der Waals surface area contributed by atoms with Crippen LogP contribution in [-0.4, -0.2) is 31.4 Å². The molecule has 0 aliphatic carbocycles. The average molecular weight is 553 g/mol. The van der Waals surface area contributed by atoms with Gasteiger partial charge in [-0.15, -0.1) is 21.5 Å². The number of thioether (sulfide) groups is 1. The molecular weight excluding hydrogens is 533 g/mol. The summed E-state index contributed by atoms with van der Waals surface area (Å²) in [4.78, 5) is 18.0. The second-order valence-electron chi connectivity index (χ2n) is 7.72. The van der Waals surface area contributed by atoms with Crippen molar-refractivity contribution < 1.29 is 4.79 Å². The van der Waals surface area contributed by atoms with Crippen LogP contribution in [0.5, 0.6) is 0 Å². The molecule has 0 saturated heterocycles. The Balaban J connectivity index is 1.27. The van der Waals surface area contributed by atoms with E-state index in [-0.39, 0.29) is 11.7 Å². The Morgan fingerprint density at radius 1 is 0.972 bits per heavy atom. The number of amides is 1. The predicted octanol–water partition coefficient (Wildman–Crippen LogP) is 7.02. The van der Waals surface area contributed by atoms with E-state index in [0.29, 0.717) is 26.8 Å². The maximum Gasteiger partial charge on any atom is 0.236 e. The molecule has 0 bridgehead atoms. The van der Waals surface area contributed by atoms with Gasteiger partial charge in [-0.1, -0.05) is 89.6 Å². The van der Waals surface area contributed by atoms with E-state index in [0.717, 1.165) is 27.5 Å². The summed E-state index contributed by atoms with van der Waals surface area (Å²) in [6.07, 6.45) is 2.36. The lowest BCUT2D eigenvalue weighted by Crippen LogP contribution is -2.14. The van der Waals surface area contributed by atoms with E-state index >= 15 is 0 Å². The molecule has 2 aromatic heterocycles. The Morgan fingerprint density at radius 3 is 2.47 bits per heavy atom. The lowest BCUT2D eigenvalue weighted by Gasteiger charge is -2.10. The molecule has 5 rings (SSSR count). The van der Waals surface area contributed by atoms with Crippen LogP contribution in [0.4, 0.5) is 5.13 Å². The summed E-state index contributed by atoms with van der Waals surface area (Å²) in [7, 11) is 0.